The van der Waals surface area contributed by atoms with Gasteiger partial charge in [0.1, 0.15) is 0 Å². The molecule has 0 aromatic heterocycles. The van der Waals surface area contributed by atoms with Crippen LogP contribution >= 0.6 is 0 Å². The first kappa shape index (κ1) is 17.8. The van der Waals surface area contributed by atoms with Gasteiger partial charge >= 0.3 is 5.97 Å². The van der Waals surface area contributed by atoms with Crippen molar-refractivity contribution >= 4 is 12.0 Å². The van der Waals surface area contributed by atoms with Gasteiger partial charge in [-0.1, -0.05) is 63.3 Å². The third-order valence-corrected chi connectivity index (χ3v) is 5.14. The second kappa shape index (κ2) is 9.54. The highest BCUT2D eigenvalue weighted by atomic mass is 16.4. The van der Waals surface area contributed by atoms with Crippen molar-refractivity contribution in [3.63, 3.8) is 0 Å². The van der Waals surface area contributed by atoms with E-state index in [9.17, 15) is 4.79 Å². The van der Waals surface area contributed by atoms with Crippen LogP contribution in [0.4, 0.5) is 0 Å². The molecule has 0 aliphatic heterocycles. The topological polar surface area (TPSA) is 37.3 Å². The third-order valence-electron chi connectivity index (χ3n) is 5.14. The second-order valence-electron chi connectivity index (χ2n) is 6.91. The van der Waals surface area contributed by atoms with Crippen molar-refractivity contribution in [2.45, 2.75) is 70.6 Å². The van der Waals surface area contributed by atoms with Gasteiger partial charge in [0.05, 0.1) is 0 Å². The Labute approximate surface area is 140 Å². The van der Waals surface area contributed by atoms with Gasteiger partial charge in [-0.05, 0) is 54.7 Å². The zero-order valence-corrected chi connectivity index (χ0v) is 14.3. The summed E-state index contributed by atoms with van der Waals surface area (Å²) in [7, 11) is 0. The van der Waals surface area contributed by atoms with Crippen LogP contribution in [0.25, 0.3) is 6.08 Å². The highest BCUT2D eigenvalue weighted by Crippen LogP contribution is 2.37. The van der Waals surface area contributed by atoms with E-state index in [1.54, 1.807) is 6.08 Å². The Bertz CT molecular complexity index is 493. The van der Waals surface area contributed by atoms with Crippen LogP contribution in [0, 0.1) is 5.92 Å². The lowest BCUT2D eigenvalue weighted by molar-refractivity contribution is -0.131. The standard InChI is InChI=1S/C21H30O2/c1-2-3-4-5-6-17-7-12-19(13-8-17)20-14-9-18(10-15-20)11-16-21(22)23/h9-11,14-17,19H,2-8,12-13H2,1H3,(H,22,23)/t17-,19-. The van der Waals surface area contributed by atoms with Gasteiger partial charge in [0, 0.05) is 6.08 Å². The van der Waals surface area contributed by atoms with Crippen molar-refractivity contribution in [2.24, 2.45) is 5.92 Å². The zero-order valence-electron chi connectivity index (χ0n) is 14.3. The van der Waals surface area contributed by atoms with Crippen LogP contribution in [0.15, 0.2) is 30.3 Å². The lowest BCUT2D eigenvalue weighted by atomic mass is 9.77. The van der Waals surface area contributed by atoms with E-state index < -0.39 is 5.97 Å². The minimum atomic E-state index is -0.897. The molecule has 2 rings (SSSR count). The van der Waals surface area contributed by atoms with Crippen molar-refractivity contribution in [3.8, 4) is 0 Å². The second-order valence-corrected chi connectivity index (χ2v) is 6.91. The smallest absolute Gasteiger partial charge is 0.328 e. The van der Waals surface area contributed by atoms with E-state index >= 15 is 0 Å². The quantitative estimate of drug-likeness (QED) is 0.470. The Hall–Kier alpha value is -1.57. The normalized spacial score (nSPS) is 21.6. The molecule has 1 aliphatic rings. The number of unbranched alkanes of at least 4 members (excludes halogenated alkanes) is 3. The molecule has 2 heteroatoms. The lowest BCUT2D eigenvalue weighted by Gasteiger charge is -2.29. The molecule has 0 atom stereocenters. The molecule has 2 nitrogen and oxygen atoms in total. The minimum Gasteiger partial charge on any atom is -0.478 e. The van der Waals surface area contributed by atoms with Crippen LogP contribution in [-0.4, -0.2) is 11.1 Å². The van der Waals surface area contributed by atoms with E-state index in [0.717, 1.165) is 11.5 Å². The molecule has 1 aromatic rings. The monoisotopic (exact) mass is 314 g/mol. The fourth-order valence-electron chi connectivity index (χ4n) is 3.69. The third kappa shape index (κ3) is 6.21. The van der Waals surface area contributed by atoms with Crippen molar-refractivity contribution in [1.29, 1.82) is 0 Å². The minimum absolute atomic E-state index is 0.694. The molecule has 1 aliphatic carbocycles. The molecule has 0 saturated heterocycles. The van der Waals surface area contributed by atoms with Gasteiger partial charge in [0.15, 0.2) is 0 Å². The molecule has 1 fully saturated rings. The highest BCUT2D eigenvalue weighted by Gasteiger charge is 2.21. The summed E-state index contributed by atoms with van der Waals surface area (Å²) in [6.45, 7) is 2.27. The van der Waals surface area contributed by atoms with E-state index in [2.05, 4.69) is 19.1 Å². The Morgan fingerprint density at radius 3 is 2.39 bits per heavy atom. The molecule has 0 spiro atoms. The molecule has 23 heavy (non-hydrogen) atoms. The van der Waals surface area contributed by atoms with E-state index in [0.29, 0.717) is 5.92 Å². The maximum atomic E-state index is 10.5. The van der Waals surface area contributed by atoms with E-state index in [-0.39, 0.29) is 0 Å². The number of carbonyl (C=O) groups is 1. The van der Waals surface area contributed by atoms with Gasteiger partial charge in [0.25, 0.3) is 0 Å². The van der Waals surface area contributed by atoms with Gasteiger partial charge < -0.3 is 5.11 Å². The first-order valence-electron chi connectivity index (χ1n) is 9.20. The molecule has 0 heterocycles. The predicted molar refractivity (Wildman–Crippen MR) is 96.6 cm³/mol. The largest absolute Gasteiger partial charge is 0.478 e. The van der Waals surface area contributed by atoms with Crippen LogP contribution in [0.2, 0.25) is 0 Å². The van der Waals surface area contributed by atoms with Gasteiger partial charge in [-0.2, -0.15) is 0 Å². The first-order valence-corrected chi connectivity index (χ1v) is 9.20. The summed E-state index contributed by atoms with van der Waals surface area (Å²) in [6.07, 6.45) is 15.2. The van der Waals surface area contributed by atoms with E-state index in [4.69, 9.17) is 5.11 Å². The fourth-order valence-corrected chi connectivity index (χ4v) is 3.69. The zero-order chi connectivity index (χ0) is 16.5. The maximum Gasteiger partial charge on any atom is 0.328 e. The summed E-state index contributed by atoms with van der Waals surface area (Å²) in [5.74, 6) is 0.742. The number of hydrogen-bond donors (Lipinski definition) is 1. The number of hydrogen-bond acceptors (Lipinski definition) is 1. The summed E-state index contributed by atoms with van der Waals surface area (Å²) in [4.78, 5) is 10.5. The highest BCUT2D eigenvalue weighted by molar-refractivity contribution is 5.85. The maximum absolute atomic E-state index is 10.5. The van der Waals surface area contributed by atoms with Crippen molar-refractivity contribution in [2.75, 3.05) is 0 Å². The van der Waals surface area contributed by atoms with Crippen LogP contribution in [0.5, 0.6) is 0 Å². The Balaban J connectivity index is 1.77. The molecule has 0 bridgehead atoms. The van der Waals surface area contributed by atoms with E-state index in [1.807, 2.05) is 12.1 Å². The van der Waals surface area contributed by atoms with Gasteiger partial charge in [-0.3, -0.25) is 0 Å². The van der Waals surface area contributed by atoms with Crippen LogP contribution in [0.3, 0.4) is 0 Å². The molecule has 1 saturated carbocycles. The van der Waals surface area contributed by atoms with Crippen molar-refractivity contribution in [1.82, 2.24) is 0 Å². The Kier molecular flexibility index (Phi) is 7.38. The van der Waals surface area contributed by atoms with Gasteiger partial charge in [0.2, 0.25) is 0 Å². The average molecular weight is 314 g/mol. The number of aliphatic carboxylic acids is 1. The van der Waals surface area contributed by atoms with Gasteiger partial charge in [-0.15, -0.1) is 0 Å². The first-order chi connectivity index (χ1) is 11.2. The predicted octanol–water partition coefficient (Wildman–Crippen LogP) is 6.03. The summed E-state index contributed by atoms with van der Waals surface area (Å²) in [5.41, 5.74) is 2.38. The van der Waals surface area contributed by atoms with Crippen LogP contribution in [-0.2, 0) is 4.79 Å². The number of rotatable bonds is 8. The van der Waals surface area contributed by atoms with Crippen LogP contribution in [0.1, 0.15) is 81.8 Å². The molecule has 0 amide bonds. The lowest BCUT2D eigenvalue weighted by Crippen LogP contribution is -2.13. The molecular formula is C21H30O2. The van der Waals surface area contributed by atoms with E-state index in [1.165, 1.54) is 69.4 Å². The molecule has 126 valence electrons. The molecular weight excluding hydrogens is 284 g/mol. The summed E-state index contributed by atoms with van der Waals surface area (Å²) < 4.78 is 0. The van der Waals surface area contributed by atoms with Crippen molar-refractivity contribution < 1.29 is 9.90 Å². The van der Waals surface area contributed by atoms with Crippen LogP contribution < -0.4 is 0 Å². The molecule has 0 radical (unpaired) electrons. The molecule has 1 N–H and O–H groups in total. The fraction of sp³-hybridized carbons (Fsp3) is 0.571. The number of benzene rings is 1. The number of carboxylic acid groups (broad SMARTS) is 1. The summed E-state index contributed by atoms with van der Waals surface area (Å²) in [6, 6.07) is 8.42. The number of carboxylic acids is 1. The SMILES string of the molecule is CCCCCC[C@H]1CC[C@H](c2ccc(C=CC(=O)O)cc2)CC1. The average Bonchev–Trinajstić information content (AvgIpc) is 2.58. The summed E-state index contributed by atoms with van der Waals surface area (Å²) in [5, 5.41) is 8.66. The molecule has 0 unspecified atom stereocenters. The Morgan fingerprint density at radius 2 is 1.78 bits per heavy atom. The van der Waals surface area contributed by atoms with Gasteiger partial charge in [-0.25, -0.2) is 4.79 Å². The summed E-state index contributed by atoms with van der Waals surface area (Å²) >= 11 is 0. The molecule has 1 aromatic carbocycles. The Morgan fingerprint density at radius 1 is 1.09 bits per heavy atom. The van der Waals surface area contributed by atoms with Crippen molar-refractivity contribution in [3.05, 3.63) is 41.5 Å².